The van der Waals surface area contributed by atoms with Gasteiger partial charge in [0, 0.05) is 12.0 Å². The molecule has 5 heteroatoms. The summed E-state index contributed by atoms with van der Waals surface area (Å²) in [5, 5.41) is 3.36. The fourth-order valence-electron chi connectivity index (χ4n) is 1.86. The first-order valence-electron chi connectivity index (χ1n) is 7.72. The topological polar surface area (TPSA) is 73.1 Å². The van der Waals surface area contributed by atoms with E-state index in [-0.39, 0.29) is 0 Å². The molecule has 0 bridgehead atoms. The van der Waals surface area contributed by atoms with E-state index in [4.69, 9.17) is 10.5 Å². The van der Waals surface area contributed by atoms with E-state index in [1.807, 2.05) is 0 Å². The Morgan fingerprint density at radius 2 is 2.10 bits per heavy atom. The van der Waals surface area contributed by atoms with E-state index < -0.39 is 0 Å². The number of anilines is 2. The molecule has 1 aromatic heterocycles. The minimum Gasteiger partial charge on any atom is -0.476 e. The lowest BCUT2D eigenvalue weighted by Gasteiger charge is -2.17. The van der Waals surface area contributed by atoms with Crippen LogP contribution in [-0.2, 0) is 0 Å². The maximum atomic E-state index is 6.15. The average Bonchev–Trinajstić information content (AvgIpc) is 3.27. The molecular weight excluding hydrogens is 252 g/mol. The van der Waals surface area contributed by atoms with Gasteiger partial charge in [-0.25, -0.2) is 4.98 Å². The van der Waals surface area contributed by atoms with Gasteiger partial charge in [-0.05, 0) is 32.6 Å². The van der Waals surface area contributed by atoms with Crippen LogP contribution in [0.2, 0.25) is 0 Å². The second-order valence-corrected chi connectivity index (χ2v) is 5.58. The molecule has 1 heterocycles. The zero-order chi connectivity index (χ0) is 14.5. The maximum absolute atomic E-state index is 6.15. The summed E-state index contributed by atoms with van der Waals surface area (Å²) in [6.45, 7) is 7.05. The molecule has 1 aromatic rings. The summed E-state index contributed by atoms with van der Waals surface area (Å²) in [7, 11) is 0. The van der Waals surface area contributed by atoms with Crippen LogP contribution in [0.3, 0.4) is 0 Å². The Morgan fingerprint density at radius 3 is 2.70 bits per heavy atom. The Labute approximate surface area is 121 Å². The third-order valence-corrected chi connectivity index (χ3v) is 3.60. The molecule has 0 saturated heterocycles. The molecule has 0 spiro atoms. The van der Waals surface area contributed by atoms with Crippen LogP contribution in [-0.4, -0.2) is 22.6 Å². The number of hydrogen-bond acceptors (Lipinski definition) is 5. The molecule has 0 amide bonds. The van der Waals surface area contributed by atoms with E-state index in [2.05, 4.69) is 36.1 Å². The van der Waals surface area contributed by atoms with E-state index in [9.17, 15) is 0 Å². The minimum absolute atomic E-state index is 0.336. The van der Waals surface area contributed by atoms with Crippen LogP contribution in [0.15, 0.2) is 0 Å². The van der Waals surface area contributed by atoms with Crippen LogP contribution in [0.4, 0.5) is 11.5 Å². The van der Waals surface area contributed by atoms with Gasteiger partial charge in [-0.2, -0.15) is 4.98 Å². The molecule has 1 atom stereocenters. The first-order valence-corrected chi connectivity index (χ1v) is 7.72. The Balaban J connectivity index is 2.19. The number of ether oxygens (including phenoxy) is 1. The highest BCUT2D eigenvalue weighted by molar-refractivity contribution is 5.67. The molecule has 20 heavy (non-hydrogen) atoms. The monoisotopic (exact) mass is 278 g/mol. The SMILES string of the molecule is CCCCOc1nc(C2CC2)nc(NC(C)CC)c1N. The summed E-state index contributed by atoms with van der Waals surface area (Å²) in [6.07, 6.45) is 5.46. The van der Waals surface area contributed by atoms with Gasteiger partial charge in [-0.3, -0.25) is 0 Å². The minimum atomic E-state index is 0.336. The molecule has 0 aromatic carbocycles. The third kappa shape index (κ3) is 3.74. The number of nitrogens with one attached hydrogen (secondary N) is 1. The lowest BCUT2D eigenvalue weighted by Crippen LogP contribution is -2.18. The van der Waals surface area contributed by atoms with Crippen molar-refractivity contribution in [3.63, 3.8) is 0 Å². The van der Waals surface area contributed by atoms with Crippen molar-refractivity contribution in [2.75, 3.05) is 17.7 Å². The number of hydrogen-bond donors (Lipinski definition) is 2. The van der Waals surface area contributed by atoms with Gasteiger partial charge in [0.15, 0.2) is 5.82 Å². The number of nitrogens with zero attached hydrogens (tertiary/aromatic N) is 2. The van der Waals surface area contributed by atoms with Crippen LogP contribution >= 0.6 is 0 Å². The van der Waals surface area contributed by atoms with Crippen molar-refractivity contribution in [2.45, 2.75) is 64.8 Å². The lowest BCUT2D eigenvalue weighted by molar-refractivity contribution is 0.298. The van der Waals surface area contributed by atoms with Gasteiger partial charge in [0.25, 0.3) is 0 Å². The van der Waals surface area contributed by atoms with E-state index in [0.717, 1.165) is 30.9 Å². The Morgan fingerprint density at radius 1 is 1.35 bits per heavy atom. The first kappa shape index (κ1) is 14.9. The van der Waals surface area contributed by atoms with Crippen LogP contribution in [0.5, 0.6) is 5.88 Å². The smallest absolute Gasteiger partial charge is 0.242 e. The Kier molecular flexibility index (Phi) is 5.04. The average molecular weight is 278 g/mol. The molecule has 3 N–H and O–H groups in total. The standard InChI is InChI=1S/C15H26N4O/c1-4-6-9-20-15-12(16)14(17-10(3)5-2)18-13(19-15)11-7-8-11/h10-11H,4-9,16H2,1-3H3,(H,17,18,19). The Hall–Kier alpha value is -1.52. The predicted molar refractivity (Wildman–Crippen MR) is 82.2 cm³/mol. The largest absolute Gasteiger partial charge is 0.476 e. The van der Waals surface area contributed by atoms with Crippen molar-refractivity contribution in [1.29, 1.82) is 0 Å². The molecule has 1 aliphatic carbocycles. The third-order valence-electron chi connectivity index (χ3n) is 3.60. The number of rotatable bonds is 8. The zero-order valence-corrected chi connectivity index (χ0v) is 12.8. The van der Waals surface area contributed by atoms with Gasteiger partial charge in [-0.15, -0.1) is 0 Å². The van der Waals surface area contributed by atoms with Gasteiger partial charge < -0.3 is 15.8 Å². The van der Waals surface area contributed by atoms with Crippen LogP contribution in [0.25, 0.3) is 0 Å². The van der Waals surface area contributed by atoms with Gasteiger partial charge in [0.05, 0.1) is 6.61 Å². The molecule has 1 aliphatic rings. The lowest BCUT2D eigenvalue weighted by atomic mass is 10.2. The highest BCUT2D eigenvalue weighted by Gasteiger charge is 2.29. The van der Waals surface area contributed by atoms with Crippen molar-refractivity contribution in [2.24, 2.45) is 0 Å². The molecule has 1 saturated carbocycles. The maximum Gasteiger partial charge on any atom is 0.242 e. The summed E-state index contributed by atoms with van der Waals surface area (Å²) in [6, 6.07) is 0.336. The van der Waals surface area contributed by atoms with Crippen molar-refractivity contribution in [3.05, 3.63) is 5.82 Å². The van der Waals surface area contributed by atoms with Crippen molar-refractivity contribution >= 4 is 11.5 Å². The summed E-state index contributed by atoms with van der Waals surface area (Å²) in [4.78, 5) is 9.09. The van der Waals surface area contributed by atoms with Crippen LogP contribution in [0, 0.1) is 0 Å². The van der Waals surface area contributed by atoms with Crippen LogP contribution < -0.4 is 15.8 Å². The highest BCUT2D eigenvalue weighted by Crippen LogP contribution is 2.40. The quantitative estimate of drug-likeness (QED) is 0.714. The van der Waals surface area contributed by atoms with Gasteiger partial charge in [0.2, 0.25) is 5.88 Å². The molecule has 1 unspecified atom stereocenters. The van der Waals surface area contributed by atoms with E-state index >= 15 is 0 Å². The predicted octanol–water partition coefficient (Wildman–Crippen LogP) is 3.33. The number of nitrogen functional groups attached to an aromatic ring is 1. The molecular formula is C15H26N4O. The molecule has 5 nitrogen and oxygen atoms in total. The fraction of sp³-hybridized carbons (Fsp3) is 0.733. The van der Waals surface area contributed by atoms with Crippen LogP contribution in [0.1, 0.15) is 64.6 Å². The number of nitrogens with two attached hydrogens (primary N) is 1. The summed E-state index contributed by atoms with van der Waals surface area (Å²) >= 11 is 0. The molecule has 0 aliphatic heterocycles. The van der Waals surface area contributed by atoms with E-state index in [0.29, 0.717) is 30.1 Å². The summed E-state index contributed by atoms with van der Waals surface area (Å²) in [5.74, 6) is 2.63. The second-order valence-electron chi connectivity index (χ2n) is 5.58. The second kappa shape index (κ2) is 6.77. The molecule has 2 rings (SSSR count). The highest BCUT2D eigenvalue weighted by atomic mass is 16.5. The Bertz CT molecular complexity index is 446. The fourth-order valence-corrected chi connectivity index (χ4v) is 1.86. The normalized spacial score (nSPS) is 15.9. The van der Waals surface area contributed by atoms with Crippen molar-refractivity contribution in [1.82, 2.24) is 9.97 Å². The summed E-state index contributed by atoms with van der Waals surface area (Å²) < 4.78 is 5.74. The number of unbranched alkanes of at least 4 members (excludes halogenated alkanes) is 1. The zero-order valence-electron chi connectivity index (χ0n) is 12.8. The van der Waals surface area contributed by atoms with E-state index in [1.165, 1.54) is 12.8 Å². The molecule has 1 fully saturated rings. The molecule has 0 radical (unpaired) electrons. The molecule has 112 valence electrons. The van der Waals surface area contributed by atoms with E-state index in [1.54, 1.807) is 0 Å². The number of aromatic nitrogens is 2. The van der Waals surface area contributed by atoms with Gasteiger partial charge >= 0.3 is 0 Å². The van der Waals surface area contributed by atoms with Gasteiger partial charge in [-0.1, -0.05) is 20.3 Å². The van der Waals surface area contributed by atoms with Crippen molar-refractivity contribution < 1.29 is 4.74 Å². The summed E-state index contributed by atoms with van der Waals surface area (Å²) in [5.41, 5.74) is 6.68. The first-order chi connectivity index (χ1) is 9.65. The van der Waals surface area contributed by atoms with Gasteiger partial charge in [0.1, 0.15) is 11.5 Å². The van der Waals surface area contributed by atoms with Crippen molar-refractivity contribution in [3.8, 4) is 5.88 Å².